The average molecular weight is 341 g/mol. The van der Waals surface area contributed by atoms with Crippen molar-refractivity contribution < 1.29 is 4.98 Å². The molecule has 1 aromatic rings. The molecule has 0 unspecified atom stereocenters. The zero-order valence-corrected chi connectivity index (χ0v) is 16.1. The van der Waals surface area contributed by atoms with Crippen molar-refractivity contribution in [3.05, 3.63) is 30.6 Å². The van der Waals surface area contributed by atoms with Gasteiger partial charge in [-0.05, 0) is 6.42 Å². The first-order chi connectivity index (χ1) is 11.4. The van der Waals surface area contributed by atoms with Gasteiger partial charge in [-0.3, -0.25) is 0 Å². The summed E-state index contributed by atoms with van der Waals surface area (Å²) in [6.07, 6.45) is 23.6. The highest BCUT2D eigenvalue weighted by Crippen LogP contribution is 2.12. The maximum absolute atomic E-state index is 5.64. The molecule has 0 saturated carbocycles. The Morgan fingerprint density at radius 1 is 0.565 bits per heavy atom. The van der Waals surface area contributed by atoms with Crippen molar-refractivity contribution in [1.82, 2.24) is 0 Å². The maximum Gasteiger partial charge on any atom is 0.166 e. The lowest BCUT2D eigenvalue weighted by atomic mass is 10.0. The SMILES string of the molecule is CCCCCCCCCCCCCCCCCl.c1cc[nH+]cc1. The second-order valence-electron chi connectivity index (χ2n) is 6.36. The van der Waals surface area contributed by atoms with Crippen LogP contribution in [0.1, 0.15) is 96.8 Å². The van der Waals surface area contributed by atoms with Crippen molar-refractivity contribution in [2.75, 3.05) is 5.88 Å². The molecule has 0 amide bonds. The topological polar surface area (TPSA) is 14.1 Å². The second kappa shape index (κ2) is 21.4. The molecule has 0 aliphatic carbocycles. The fourth-order valence-electron chi connectivity index (χ4n) is 2.63. The first-order valence-electron chi connectivity index (χ1n) is 9.89. The Bertz CT molecular complexity index is 248. The van der Waals surface area contributed by atoms with Crippen LogP contribution in [0.3, 0.4) is 0 Å². The number of hydrogen-bond donors (Lipinski definition) is 0. The van der Waals surface area contributed by atoms with E-state index < -0.39 is 0 Å². The molecule has 2 heteroatoms. The summed E-state index contributed by atoms with van der Waals surface area (Å²) in [6.45, 7) is 2.28. The van der Waals surface area contributed by atoms with Gasteiger partial charge in [0.25, 0.3) is 0 Å². The zero-order chi connectivity index (χ0) is 16.8. The maximum atomic E-state index is 5.64. The number of nitrogens with one attached hydrogen (secondary N) is 1. The largest absolute Gasteiger partial charge is 0.218 e. The van der Waals surface area contributed by atoms with Gasteiger partial charge in [0.2, 0.25) is 0 Å². The Hall–Kier alpha value is -0.560. The monoisotopic (exact) mass is 340 g/mol. The fraction of sp³-hybridized carbons (Fsp3) is 0.762. The van der Waals surface area contributed by atoms with Crippen LogP contribution in [0.4, 0.5) is 0 Å². The molecule has 1 aromatic heterocycles. The van der Waals surface area contributed by atoms with Gasteiger partial charge < -0.3 is 0 Å². The minimum absolute atomic E-state index is 0.845. The summed E-state index contributed by atoms with van der Waals surface area (Å²) in [4.78, 5) is 2.89. The highest BCUT2D eigenvalue weighted by Gasteiger charge is 1.93. The summed E-state index contributed by atoms with van der Waals surface area (Å²) in [6, 6.07) is 5.86. The van der Waals surface area contributed by atoms with E-state index in [-0.39, 0.29) is 0 Å². The molecule has 1 rings (SSSR count). The highest BCUT2D eigenvalue weighted by molar-refractivity contribution is 6.17. The van der Waals surface area contributed by atoms with E-state index in [9.17, 15) is 0 Å². The average Bonchev–Trinajstić information content (AvgIpc) is 2.61. The van der Waals surface area contributed by atoms with E-state index in [1.807, 2.05) is 30.6 Å². The van der Waals surface area contributed by atoms with Gasteiger partial charge in [-0.2, -0.15) is 0 Å². The van der Waals surface area contributed by atoms with Gasteiger partial charge >= 0.3 is 0 Å². The highest BCUT2D eigenvalue weighted by atomic mass is 35.5. The molecule has 0 saturated heterocycles. The van der Waals surface area contributed by atoms with E-state index in [0.717, 1.165) is 5.88 Å². The second-order valence-corrected chi connectivity index (χ2v) is 6.74. The smallest absolute Gasteiger partial charge is 0.166 e. The first kappa shape index (κ1) is 22.4. The normalized spacial score (nSPS) is 10.2. The van der Waals surface area contributed by atoms with Gasteiger partial charge in [-0.25, -0.2) is 4.98 Å². The third kappa shape index (κ3) is 21.4. The van der Waals surface area contributed by atoms with Crippen LogP contribution in [0, 0.1) is 0 Å². The number of rotatable bonds is 14. The van der Waals surface area contributed by atoms with Crippen LogP contribution < -0.4 is 4.98 Å². The van der Waals surface area contributed by atoms with Gasteiger partial charge in [0.15, 0.2) is 12.4 Å². The Labute approximate surface area is 150 Å². The van der Waals surface area contributed by atoms with Gasteiger partial charge in [-0.1, -0.05) is 96.5 Å². The van der Waals surface area contributed by atoms with E-state index in [1.165, 1.54) is 89.9 Å². The van der Waals surface area contributed by atoms with Crippen LogP contribution in [-0.2, 0) is 0 Å². The number of alkyl halides is 1. The van der Waals surface area contributed by atoms with Crippen molar-refractivity contribution in [2.24, 2.45) is 0 Å². The molecule has 0 atom stereocenters. The van der Waals surface area contributed by atoms with Gasteiger partial charge in [0, 0.05) is 18.0 Å². The van der Waals surface area contributed by atoms with Crippen molar-refractivity contribution >= 4 is 11.6 Å². The molecule has 0 aliphatic heterocycles. The fourth-order valence-corrected chi connectivity index (χ4v) is 2.82. The number of aromatic amines is 1. The van der Waals surface area contributed by atoms with Crippen LogP contribution in [0.15, 0.2) is 30.6 Å². The van der Waals surface area contributed by atoms with E-state index >= 15 is 0 Å². The molecule has 134 valence electrons. The van der Waals surface area contributed by atoms with Gasteiger partial charge in [0.05, 0.1) is 0 Å². The summed E-state index contributed by atoms with van der Waals surface area (Å²) in [7, 11) is 0. The Morgan fingerprint density at radius 2 is 0.957 bits per heavy atom. The number of aromatic nitrogens is 1. The molecule has 1 N–H and O–H groups in total. The van der Waals surface area contributed by atoms with Crippen LogP contribution in [0.5, 0.6) is 0 Å². The molecule has 1 heterocycles. The molecular formula is C21H39ClN+. The molecular weight excluding hydrogens is 302 g/mol. The van der Waals surface area contributed by atoms with Gasteiger partial charge in [0.1, 0.15) is 0 Å². The van der Waals surface area contributed by atoms with Crippen molar-refractivity contribution in [1.29, 1.82) is 0 Å². The van der Waals surface area contributed by atoms with E-state index in [0.29, 0.717) is 0 Å². The van der Waals surface area contributed by atoms with Crippen LogP contribution >= 0.6 is 11.6 Å². The summed E-state index contributed by atoms with van der Waals surface area (Å²) < 4.78 is 0. The molecule has 0 radical (unpaired) electrons. The minimum Gasteiger partial charge on any atom is -0.218 e. The predicted molar refractivity (Wildman–Crippen MR) is 104 cm³/mol. The lowest BCUT2D eigenvalue weighted by Gasteiger charge is -2.02. The summed E-state index contributed by atoms with van der Waals surface area (Å²) in [5.41, 5.74) is 0. The number of halogens is 1. The molecule has 0 aliphatic rings. The standard InChI is InChI=1S/C16H33Cl.C5H5N/c1-2-3-4-5-6-7-8-9-10-11-12-13-14-15-16-17;1-2-4-6-5-3-1/h2-16H2,1H3;1-5H/p+1. The van der Waals surface area contributed by atoms with E-state index in [1.54, 1.807) is 0 Å². The molecule has 1 nitrogen and oxygen atoms in total. The van der Waals surface area contributed by atoms with Crippen LogP contribution in [0.25, 0.3) is 0 Å². The Balaban J connectivity index is 0.000000664. The van der Waals surface area contributed by atoms with E-state index in [4.69, 9.17) is 11.6 Å². The third-order valence-corrected chi connectivity index (χ3v) is 4.36. The quantitative estimate of drug-likeness (QED) is 0.251. The van der Waals surface area contributed by atoms with Crippen molar-refractivity contribution in [2.45, 2.75) is 96.8 Å². The molecule has 0 bridgehead atoms. The summed E-state index contributed by atoms with van der Waals surface area (Å²) in [5, 5.41) is 0. The van der Waals surface area contributed by atoms with E-state index in [2.05, 4.69) is 11.9 Å². The molecule has 0 fully saturated rings. The zero-order valence-electron chi connectivity index (χ0n) is 15.4. The molecule has 0 spiro atoms. The Morgan fingerprint density at radius 3 is 1.22 bits per heavy atom. The van der Waals surface area contributed by atoms with Crippen molar-refractivity contribution in [3.8, 4) is 0 Å². The predicted octanol–water partition coefficient (Wildman–Crippen LogP) is 7.21. The third-order valence-electron chi connectivity index (χ3n) is 4.09. The summed E-state index contributed by atoms with van der Waals surface area (Å²) >= 11 is 5.64. The van der Waals surface area contributed by atoms with Crippen molar-refractivity contribution in [3.63, 3.8) is 0 Å². The molecule has 23 heavy (non-hydrogen) atoms. The molecule has 0 aromatic carbocycles. The number of unbranched alkanes of at least 4 members (excludes halogenated alkanes) is 13. The summed E-state index contributed by atoms with van der Waals surface area (Å²) in [5.74, 6) is 0.845. The Kier molecular flexibility index (Phi) is 20.9. The first-order valence-corrected chi connectivity index (χ1v) is 10.4. The minimum atomic E-state index is 0.845. The number of hydrogen-bond acceptors (Lipinski definition) is 0. The van der Waals surface area contributed by atoms with Crippen LogP contribution in [0.2, 0.25) is 0 Å². The lowest BCUT2D eigenvalue weighted by Crippen LogP contribution is -1.93. The van der Waals surface area contributed by atoms with Gasteiger partial charge in [-0.15, -0.1) is 11.6 Å². The lowest BCUT2D eigenvalue weighted by molar-refractivity contribution is -0.377. The number of H-pyrrole nitrogens is 1. The number of pyridine rings is 1. The van der Waals surface area contributed by atoms with Crippen LogP contribution in [-0.4, -0.2) is 5.88 Å².